The third-order valence-electron chi connectivity index (χ3n) is 3.76. The summed E-state index contributed by atoms with van der Waals surface area (Å²) >= 11 is 0. The number of nitrogens with zero attached hydrogens (tertiary/aromatic N) is 4. The van der Waals surface area contributed by atoms with Crippen molar-refractivity contribution in [1.29, 1.82) is 0 Å². The lowest BCUT2D eigenvalue weighted by molar-refractivity contribution is 0.0600. The van der Waals surface area contributed by atoms with Crippen molar-refractivity contribution in [3.05, 3.63) is 53.5 Å². The van der Waals surface area contributed by atoms with E-state index in [0.29, 0.717) is 17.1 Å². The Balaban J connectivity index is 2.15. The summed E-state index contributed by atoms with van der Waals surface area (Å²) in [6.07, 6.45) is 1.57. The number of benzene rings is 1. The second kappa shape index (κ2) is 6.13. The van der Waals surface area contributed by atoms with E-state index < -0.39 is 5.97 Å². The Morgan fingerprint density at radius 2 is 2.08 bits per heavy atom. The van der Waals surface area contributed by atoms with E-state index >= 15 is 0 Å². The summed E-state index contributed by atoms with van der Waals surface area (Å²) in [4.78, 5) is 19.5. The van der Waals surface area contributed by atoms with E-state index in [9.17, 15) is 4.79 Å². The van der Waals surface area contributed by atoms with Gasteiger partial charge in [0, 0.05) is 11.6 Å². The Labute approximate surface area is 139 Å². The summed E-state index contributed by atoms with van der Waals surface area (Å²) in [6, 6.07) is 9.18. The minimum absolute atomic E-state index is 0.162. The Kier molecular flexibility index (Phi) is 4.00. The number of aromatic nitrogens is 3. The molecule has 0 radical (unpaired) electrons. The molecule has 6 heteroatoms. The zero-order valence-electron chi connectivity index (χ0n) is 13.6. The highest BCUT2D eigenvalue weighted by atomic mass is 16.5. The van der Waals surface area contributed by atoms with Crippen molar-refractivity contribution in [2.24, 2.45) is 0 Å². The van der Waals surface area contributed by atoms with Gasteiger partial charge < -0.3 is 9.58 Å². The molecule has 0 spiro atoms. The second-order valence-electron chi connectivity index (χ2n) is 5.63. The predicted octanol–water partition coefficient (Wildman–Crippen LogP) is 4.02. The lowest BCUT2D eigenvalue weighted by Gasteiger charge is -2.06. The molecule has 6 nitrogen and oxygen atoms in total. The summed E-state index contributed by atoms with van der Waals surface area (Å²) in [5, 5.41) is 5.15. The molecule has 0 fully saturated rings. The van der Waals surface area contributed by atoms with Crippen LogP contribution in [0.5, 0.6) is 0 Å². The van der Waals surface area contributed by atoms with Crippen LogP contribution in [0.2, 0.25) is 0 Å². The Hall–Kier alpha value is -3.20. The highest BCUT2D eigenvalue weighted by molar-refractivity contribution is 5.95. The molecule has 0 amide bonds. The number of carbonyl (C=O) groups excluding carboxylic acids is 1. The molecule has 3 aromatic rings. The molecule has 24 heavy (non-hydrogen) atoms. The fraction of sp³-hybridized carbons (Fsp3) is 0.222. The minimum Gasteiger partial charge on any atom is -0.465 e. The van der Waals surface area contributed by atoms with Gasteiger partial charge in [-0.25, -0.2) is 4.79 Å². The first-order valence-corrected chi connectivity index (χ1v) is 7.49. The van der Waals surface area contributed by atoms with Crippen molar-refractivity contribution in [2.45, 2.75) is 19.9 Å². The van der Waals surface area contributed by atoms with Gasteiger partial charge in [-0.15, -0.1) is 0 Å². The lowest BCUT2D eigenvalue weighted by Crippen LogP contribution is -2.02. The Morgan fingerprint density at radius 1 is 1.29 bits per heavy atom. The maximum absolute atomic E-state index is 11.7. The number of rotatable bonds is 3. The minimum atomic E-state index is -0.408. The van der Waals surface area contributed by atoms with Crippen LogP contribution in [0.15, 0.2) is 36.5 Å². The molecule has 0 atom stereocenters. The molecule has 0 aliphatic carbocycles. The van der Waals surface area contributed by atoms with Crippen LogP contribution in [-0.2, 0) is 4.74 Å². The molecule has 0 saturated heterocycles. The third-order valence-corrected chi connectivity index (χ3v) is 3.76. The van der Waals surface area contributed by atoms with Crippen molar-refractivity contribution in [3.63, 3.8) is 0 Å². The second-order valence-corrected chi connectivity index (χ2v) is 5.63. The smallest absolute Gasteiger partial charge is 0.337 e. The summed E-state index contributed by atoms with van der Waals surface area (Å²) in [6.45, 7) is 11.4. The fourth-order valence-electron chi connectivity index (χ4n) is 2.59. The van der Waals surface area contributed by atoms with E-state index in [2.05, 4.69) is 14.9 Å². The number of carbonyl (C=O) groups is 1. The van der Waals surface area contributed by atoms with Gasteiger partial charge in [-0.1, -0.05) is 18.7 Å². The van der Waals surface area contributed by atoms with E-state index in [-0.39, 0.29) is 6.04 Å². The third kappa shape index (κ3) is 2.61. The standard InChI is InChI=1S/C18H16N4O2/c1-11(2)22-16-6-5-12(9-14(16)17(19-3)21-22)15-10-13(7-8-20-15)18(23)24-4/h5-11H,1-2,4H3. The molecule has 3 rings (SSSR count). The maximum atomic E-state index is 11.7. The number of esters is 1. The molecule has 0 bridgehead atoms. The molecule has 0 unspecified atom stereocenters. The monoisotopic (exact) mass is 320 g/mol. The van der Waals surface area contributed by atoms with Gasteiger partial charge in [0.05, 0.1) is 29.9 Å². The van der Waals surface area contributed by atoms with Crippen molar-refractivity contribution in [2.75, 3.05) is 7.11 Å². The molecule has 1 aromatic carbocycles. The number of ether oxygens (including phenoxy) is 1. The molecule has 120 valence electrons. The lowest BCUT2D eigenvalue weighted by atomic mass is 10.1. The zero-order valence-corrected chi connectivity index (χ0v) is 13.6. The van der Waals surface area contributed by atoms with Gasteiger partial charge in [-0.05, 0) is 42.7 Å². The summed E-state index contributed by atoms with van der Waals surface area (Å²) in [5.41, 5.74) is 2.81. The van der Waals surface area contributed by atoms with Crippen LogP contribution in [0.1, 0.15) is 30.2 Å². The number of hydrogen-bond donors (Lipinski definition) is 0. The van der Waals surface area contributed by atoms with Crippen molar-refractivity contribution in [3.8, 4) is 11.3 Å². The van der Waals surface area contributed by atoms with Crippen molar-refractivity contribution in [1.82, 2.24) is 14.8 Å². The van der Waals surface area contributed by atoms with Gasteiger partial charge in [0.1, 0.15) is 0 Å². The molecular formula is C18H16N4O2. The average Bonchev–Trinajstić information content (AvgIpc) is 2.99. The van der Waals surface area contributed by atoms with Crippen LogP contribution in [0.3, 0.4) is 0 Å². The average molecular weight is 320 g/mol. The highest BCUT2D eigenvalue weighted by Gasteiger charge is 2.16. The van der Waals surface area contributed by atoms with Gasteiger partial charge in [0.2, 0.25) is 0 Å². The van der Waals surface area contributed by atoms with Crippen molar-refractivity contribution >= 4 is 22.7 Å². The first kappa shape index (κ1) is 15.7. The van der Waals surface area contributed by atoms with E-state index in [1.807, 2.05) is 36.7 Å². The molecule has 0 aliphatic rings. The summed E-state index contributed by atoms with van der Waals surface area (Å²) in [5.74, 6) is -0.0427. The van der Waals surface area contributed by atoms with E-state index in [0.717, 1.165) is 16.5 Å². The SMILES string of the molecule is [C-]#[N+]c1nn(C(C)C)c2ccc(-c3cc(C(=O)OC)ccn3)cc12. The summed E-state index contributed by atoms with van der Waals surface area (Å²) < 4.78 is 6.58. The van der Waals surface area contributed by atoms with E-state index in [4.69, 9.17) is 11.3 Å². The molecule has 0 N–H and O–H groups in total. The molecular weight excluding hydrogens is 304 g/mol. The zero-order chi connectivity index (χ0) is 17.3. The topological polar surface area (TPSA) is 61.4 Å². The first-order chi connectivity index (χ1) is 11.5. The van der Waals surface area contributed by atoms with Gasteiger partial charge in [-0.3, -0.25) is 4.98 Å². The Morgan fingerprint density at radius 3 is 2.75 bits per heavy atom. The van der Waals surface area contributed by atoms with Crippen LogP contribution < -0.4 is 0 Å². The predicted molar refractivity (Wildman–Crippen MR) is 91.0 cm³/mol. The summed E-state index contributed by atoms with van der Waals surface area (Å²) in [7, 11) is 1.34. The van der Waals surface area contributed by atoms with Gasteiger partial charge in [0.25, 0.3) is 0 Å². The maximum Gasteiger partial charge on any atom is 0.337 e. The van der Waals surface area contributed by atoms with E-state index in [1.165, 1.54) is 7.11 Å². The van der Waals surface area contributed by atoms with Crippen LogP contribution in [0, 0.1) is 6.57 Å². The van der Waals surface area contributed by atoms with Crippen molar-refractivity contribution < 1.29 is 9.53 Å². The molecule has 0 aliphatic heterocycles. The molecule has 2 aromatic heterocycles. The van der Waals surface area contributed by atoms with Crippen LogP contribution in [0.25, 0.3) is 27.0 Å². The number of pyridine rings is 1. The quantitative estimate of drug-likeness (QED) is 0.540. The number of hydrogen-bond acceptors (Lipinski definition) is 4. The van der Waals surface area contributed by atoms with E-state index in [1.54, 1.807) is 18.3 Å². The fourth-order valence-corrected chi connectivity index (χ4v) is 2.59. The van der Waals surface area contributed by atoms with Crippen LogP contribution in [0.4, 0.5) is 5.82 Å². The normalized spacial score (nSPS) is 10.8. The van der Waals surface area contributed by atoms with Crippen LogP contribution in [-0.4, -0.2) is 27.8 Å². The van der Waals surface area contributed by atoms with Gasteiger partial charge in [0.15, 0.2) is 0 Å². The molecule has 0 saturated carbocycles. The highest BCUT2D eigenvalue weighted by Crippen LogP contribution is 2.31. The number of methoxy groups -OCH3 is 1. The largest absolute Gasteiger partial charge is 0.465 e. The van der Waals surface area contributed by atoms with Crippen LogP contribution >= 0.6 is 0 Å². The Bertz CT molecular complexity index is 967. The molecule has 2 heterocycles. The van der Waals surface area contributed by atoms with Gasteiger partial charge >= 0.3 is 11.8 Å². The van der Waals surface area contributed by atoms with Gasteiger partial charge in [-0.2, -0.15) is 4.68 Å². The first-order valence-electron chi connectivity index (χ1n) is 7.49. The number of fused-ring (bicyclic) bond motifs is 1.